The van der Waals surface area contributed by atoms with Gasteiger partial charge in [0.15, 0.2) is 0 Å². The number of nitrogens with zero attached hydrogens (tertiary/aromatic N) is 2. The third kappa shape index (κ3) is 2.85. The van der Waals surface area contributed by atoms with Crippen LogP contribution in [0.3, 0.4) is 0 Å². The van der Waals surface area contributed by atoms with Crippen LogP contribution in [0.25, 0.3) is 10.9 Å². The summed E-state index contributed by atoms with van der Waals surface area (Å²) < 4.78 is 5.35. The minimum atomic E-state index is -0.418. The van der Waals surface area contributed by atoms with Crippen molar-refractivity contribution in [2.24, 2.45) is 0 Å². The first kappa shape index (κ1) is 14.2. The zero-order chi connectivity index (χ0) is 14.8. The van der Waals surface area contributed by atoms with Crippen LogP contribution >= 0.6 is 0 Å². The number of non-ortho nitro benzene ring substituents is 1. The second-order valence-electron chi connectivity index (χ2n) is 5.11. The molecular formula is C14H17N3O3. The van der Waals surface area contributed by atoms with E-state index in [0.29, 0.717) is 12.1 Å². The van der Waals surface area contributed by atoms with Gasteiger partial charge >= 0.3 is 0 Å². The van der Waals surface area contributed by atoms with E-state index in [9.17, 15) is 10.1 Å². The number of rotatable bonds is 5. The molecule has 0 amide bonds. The topological polar surface area (TPSA) is 77.3 Å². The quantitative estimate of drug-likeness (QED) is 0.670. The van der Waals surface area contributed by atoms with Crippen molar-refractivity contribution in [3.8, 4) is 0 Å². The maximum absolute atomic E-state index is 11.0. The Morgan fingerprint density at radius 3 is 2.80 bits per heavy atom. The third-order valence-electron chi connectivity index (χ3n) is 3.20. The summed E-state index contributed by atoms with van der Waals surface area (Å²) in [5.41, 5.74) is 0.884. The van der Waals surface area contributed by atoms with Crippen molar-refractivity contribution in [2.45, 2.75) is 19.4 Å². The summed E-state index contributed by atoms with van der Waals surface area (Å²) in [5.74, 6) is 0. The number of hydrogen-bond donors (Lipinski definition) is 1. The minimum Gasteiger partial charge on any atom is -0.382 e. The molecule has 106 valence electrons. The first-order valence-electron chi connectivity index (χ1n) is 6.26. The maximum Gasteiger partial charge on any atom is 0.295 e. The van der Waals surface area contributed by atoms with Gasteiger partial charge in [0.05, 0.1) is 10.5 Å². The Morgan fingerprint density at radius 1 is 1.40 bits per heavy atom. The predicted octanol–water partition coefficient (Wildman–Crippen LogP) is 2.98. The fourth-order valence-electron chi connectivity index (χ4n) is 1.84. The summed E-state index contributed by atoms with van der Waals surface area (Å²) >= 11 is 0. The Hall–Kier alpha value is -2.21. The molecule has 0 spiro atoms. The van der Waals surface area contributed by atoms with E-state index in [4.69, 9.17) is 4.74 Å². The average molecular weight is 275 g/mol. The molecular weight excluding hydrogens is 258 g/mol. The van der Waals surface area contributed by atoms with E-state index in [1.54, 1.807) is 25.4 Å². The molecule has 20 heavy (non-hydrogen) atoms. The van der Waals surface area contributed by atoms with Gasteiger partial charge in [-0.1, -0.05) is 0 Å². The number of aromatic nitrogens is 1. The van der Waals surface area contributed by atoms with Crippen LogP contribution in [-0.4, -0.2) is 29.2 Å². The van der Waals surface area contributed by atoms with Crippen LogP contribution in [0.1, 0.15) is 13.8 Å². The van der Waals surface area contributed by atoms with Crippen molar-refractivity contribution in [1.82, 2.24) is 4.98 Å². The zero-order valence-electron chi connectivity index (χ0n) is 11.7. The number of ether oxygens (including phenoxy) is 1. The first-order chi connectivity index (χ1) is 9.44. The van der Waals surface area contributed by atoms with E-state index in [-0.39, 0.29) is 11.3 Å². The number of fused-ring (bicyclic) bond motifs is 1. The highest BCUT2D eigenvalue weighted by Crippen LogP contribution is 2.29. The van der Waals surface area contributed by atoms with Crippen LogP contribution in [0.15, 0.2) is 30.5 Å². The standard InChI is InChI=1S/C14H17N3O3/c1-14(2,20-3)9-16-11-6-7-12(17(18)19)13-10(11)5-4-8-15-13/h4-8,16H,9H2,1-3H3. The molecule has 0 aliphatic rings. The highest BCUT2D eigenvalue weighted by molar-refractivity contribution is 5.96. The molecule has 0 aliphatic heterocycles. The van der Waals surface area contributed by atoms with E-state index < -0.39 is 4.92 Å². The predicted molar refractivity (Wildman–Crippen MR) is 78.0 cm³/mol. The van der Waals surface area contributed by atoms with Crippen molar-refractivity contribution in [3.05, 3.63) is 40.6 Å². The highest BCUT2D eigenvalue weighted by Gasteiger charge is 2.18. The largest absolute Gasteiger partial charge is 0.382 e. The molecule has 6 nitrogen and oxygen atoms in total. The molecule has 2 aromatic rings. The molecule has 0 atom stereocenters. The van der Waals surface area contributed by atoms with Gasteiger partial charge in [0.25, 0.3) is 5.69 Å². The average Bonchev–Trinajstić information content (AvgIpc) is 2.44. The van der Waals surface area contributed by atoms with Crippen LogP contribution in [0, 0.1) is 10.1 Å². The molecule has 1 aromatic carbocycles. The molecule has 2 rings (SSSR count). The molecule has 0 fully saturated rings. The van der Waals surface area contributed by atoms with E-state index in [1.807, 2.05) is 19.9 Å². The SMILES string of the molecule is COC(C)(C)CNc1ccc([N+](=O)[O-])c2ncccc12. The summed E-state index contributed by atoms with van der Waals surface area (Å²) in [6.07, 6.45) is 1.55. The zero-order valence-corrected chi connectivity index (χ0v) is 11.7. The van der Waals surface area contributed by atoms with Crippen molar-refractivity contribution in [2.75, 3.05) is 19.0 Å². The van der Waals surface area contributed by atoms with Crippen molar-refractivity contribution in [1.29, 1.82) is 0 Å². The smallest absolute Gasteiger partial charge is 0.295 e. The second-order valence-corrected chi connectivity index (χ2v) is 5.11. The van der Waals surface area contributed by atoms with Gasteiger partial charge in [-0.15, -0.1) is 0 Å². The summed E-state index contributed by atoms with van der Waals surface area (Å²) in [6, 6.07) is 6.75. The Balaban J connectivity index is 2.41. The fourth-order valence-corrected chi connectivity index (χ4v) is 1.84. The lowest BCUT2D eigenvalue weighted by Gasteiger charge is -2.24. The molecule has 0 unspecified atom stereocenters. The molecule has 1 N–H and O–H groups in total. The molecule has 6 heteroatoms. The molecule has 0 aliphatic carbocycles. The van der Waals surface area contributed by atoms with Crippen molar-refractivity contribution >= 4 is 22.3 Å². The van der Waals surface area contributed by atoms with Gasteiger partial charge in [0.1, 0.15) is 5.52 Å². The number of nitrogens with one attached hydrogen (secondary N) is 1. The molecule has 1 heterocycles. The lowest BCUT2D eigenvalue weighted by atomic mass is 10.1. The van der Waals surface area contributed by atoms with Gasteiger partial charge in [-0.3, -0.25) is 10.1 Å². The van der Waals surface area contributed by atoms with Crippen molar-refractivity contribution in [3.63, 3.8) is 0 Å². The number of methoxy groups -OCH3 is 1. The summed E-state index contributed by atoms with van der Waals surface area (Å²) in [6.45, 7) is 4.52. The van der Waals surface area contributed by atoms with Gasteiger partial charge in [0, 0.05) is 37.0 Å². The number of hydrogen-bond acceptors (Lipinski definition) is 5. The summed E-state index contributed by atoms with van der Waals surface area (Å²) in [7, 11) is 1.65. The van der Waals surface area contributed by atoms with Gasteiger partial charge < -0.3 is 10.1 Å². The number of nitro benzene ring substituents is 1. The maximum atomic E-state index is 11.0. The molecule has 0 saturated heterocycles. The number of anilines is 1. The Morgan fingerprint density at radius 2 is 2.15 bits per heavy atom. The normalized spacial score (nSPS) is 11.6. The van der Waals surface area contributed by atoms with Gasteiger partial charge in [-0.2, -0.15) is 0 Å². The van der Waals surface area contributed by atoms with Crippen molar-refractivity contribution < 1.29 is 9.66 Å². The highest BCUT2D eigenvalue weighted by atomic mass is 16.6. The van der Waals surface area contributed by atoms with Crippen LogP contribution in [0.4, 0.5) is 11.4 Å². The Bertz CT molecular complexity index is 641. The minimum absolute atomic E-state index is 0.0113. The van der Waals surface area contributed by atoms with Crippen LogP contribution < -0.4 is 5.32 Å². The molecule has 0 radical (unpaired) electrons. The number of nitro groups is 1. The summed E-state index contributed by atoms with van der Waals surface area (Å²) in [4.78, 5) is 14.7. The van der Waals surface area contributed by atoms with E-state index in [2.05, 4.69) is 10.3 Å². The van der Waals surface area contributed by atoms with Crippen LogP contribution in [-0.2, 0) is 4.74 Å². The summed E-state index contributed by atoms with van der Waals surface area (Å²) in [5, 5.41) is 15.0. The van der Waals surface area contributed by atoms with Gasteiger partial charge in [0.2, 0.25) is 0 Å². The lowest BCUT2D eigenvalue weighted by molar-refractivity contribution is -0.383. The molecule has 0 saturated carbocycles. The van der Waals surface area contributed by atoms with E-state index in [0.717, 1.165) is 11.1 Å². The molecule has 1 aromatic heterocycles. The van der Waals surface area contributed by atoms with E-state index in [1.165, 1.54) is 6.07 Å². The number of pyridine rings is 1. The lowest BCUT2D eigenvalue weighted by Crippen LogP contribution is -2.32. The van der Waals surface area contributed by atoms with E-state index >= 15 is 0 Å². The third-order valence-corrected chi connectivity index (χ3v) is 3.20. The van der Waals surface area contributed by atoms with Gasteiger partial charge in [-0.25, -0.2) is 4.98 Å². The van der Waals surface area contributed by atoms with Gasteiger partial charge in [-0.05, 0) is 32.0 Å². The van der Waals surface area contributed by atoms with Crippen LogP contribution in [0.2, 0.25) is 0 Å². The second kappa shape index (κ2) is 5.42. The molecule has 0 bridgehead atoms. The van der Waals surface area contributed by atoms with Crippen LogP contribution in [0.5, 0.6) is 0 Å². The Kier molecular flexibility index (Phi) is 3.85. The number of benzene rings is 1. The fraction of sp³-hybridized carbons (Fsp3) is 0.357. The Labute approximate surface area is 116 Å². The first-order valence-corrected chi connectivity index (χ1v) is 6.26. The monoisotopic (exact) mass is 275 g/mol.